The lowest BCUT2D eigenvalue weighted by molar-refractivity contribution is 0.155. The maximum atomic E-state index is 10.1. The number of hydrogen-bond acceptors (Lipinski definition) is 5. The van der Waals surface area contributed by atoms with E-state index in [4.69, 9.17) is 9.26 Å². The number of aliphatic hydroxyl groups is 1. The van der Waals surface area contributed by atoms with Crippen LogP contribution in [0.15, 0.2) is 22.7 Å². The summed E-state index contributed by atoms with van der Waals surface area (Å²) in [6.07, 6.45) is 2.34. The summed E-state index contributed by atoms with van der Waals surface area (Å²) in [5, 5.41) is 14.0. The molecule has 0 aliphatic heterocycles. The van der Waals surface area contributed by atoms with Crippen molar-refractivity contribution in [3.05, 3.63) is 41.0 Å². The molecule has 0 bridgehead atoms. The lowest BCUT2D eigenvalue weighted by atomic mass is 9.89. The van der Waals surface area contributed by atoms with E-state index in [9.17, 15) is 5.11 Å². The predicted octanol–water partition coefficient (Wildman–Crippen LogP) is 3.32. The number of fused-ring (bicyclic) bond motifs is 1. The smallest absolute Gasteiger partial charge is 0.232 e. The van der Waals surface area contributed by atoms with E-state index in [0.717, 1.165) is 36.1 Å². The number of hydrogen-bond donors (Lipinski definition) is 1. The molecule has 1 aromatic carbocycles. The van der Waals surface area contributed by atoms with Gasteiger partial charge in [-0.15, -0.1) is 0 Å². The lowest BCUT2D eigenvalue weighted by Crippen LogP contribution is -2.12. The quantitative estimate of drug-likeness (QED) is 0.942. The van der Waals surface area contributed by atoms with Crippen molar-refractivity contribution in [1.82, 2.24) is 10.1 Å². The van der Waals surface area contributed by atoms with Gasteiger partial charge < -0.3 is 14.4 Å². The topological polar surface area (TPSA) is 68.4 Å². The summed E-state index contributed by atoms with van der Waals surface area (Å²) in [4.78, 5) is 4.37. The molecule has 1 aromatic heterocycles. The number of aromatic nitrogens is 2. The van der Waals surface area contributed by atoms with E-state index >= 15 is 0 Å². The van der Waals surface area contributed by atoms with Crippen molar-refractivity contribution in [3.63, 3.8) is 0 Å². The van der Waals surface area contributed by atoms with Crippen molar-refractivity contribution in [2.24, 2.45) is 0 Å². The van der Waals surface area contributed by atoms with E-state index < -0.39 is 0 Å². The third kappa shape index (κ3) is 2.99. The zero-order valence-corrected chi connectivity index (χ0v) is 13.3. The molecular weight excluding hydrogens is 280 g/mol. The molecule has 0 spiro atoms. The molecule has 1 heterocycles. The van der Waals surface area contributed by atoms with Crippen LogP contribution in [0.4, 0.5) is 0 Å². The highest BCUT2D eigenvalue weighted by Crippen LogP contribution is 2.35. The number of ether oxygens (including phenoxy) is 1. The van der Waals surface area contributed by atoms with Gasteiger partial charge in [-0.25, -0.2) is 0 Å². The molecule has 0 unspecified atom stereocenters. The van der Waals surface area contributed by atoms with Gasteiger partial charge >= 0.3 is 0 Å². The van der Waals surface area contributed by atoms with Gasteiger partial charge in [0.15, 0.2) is 6.61 Å². The molecule has 1 N–H and O–H groups in total. The van der Waals surface area contributed by atoms with Crippen molar-refractivity contribution < 1.29 is 14.4 Å². The molecule has 2 aromatic rings. The Morgan fingerprint density at radius 3 is 2.91 bits per heavy atom. The first-order valence-electron chi connectivity index (χ1n) is 7.71. The number of nitrogens with zero attached hydrogens (tertiary/aromatic N) is 2. The molecule has 0 radical (unpaired) electrons. The van der Waals surface area contributed by atoms with Crippen LogP contribution < -0.4 is 4.74 Å². The second-order valence-corrected chi connectivity index (χ2v) is 6.79. The van der Waals surface area contributed by atoms with Crippen LogP contribution in [-0.2, 0) is 18.4 Å². The van der Waals surface area contributed by atoms with Crippen LogP contribution in [-0.4, -0.2) is 15.2 Å². The van der Waals surface area contributed by atoms with Gasteiger partial charge in [0.05, 0.1) is 6.10 Å². The third-order valence-electron chi connectivity index (χ3n) is 3.90. The highest BCUT2D eigenvalue weighted by atomic mass is 16.5. The molecule has 0 amide bonds. The van der Waals surface area contributed by atoms with Crippen LogP contribution in [0.25, 0.3) is 0 Å². The van der Waals surface area contributed by atoms with E-state index in [1.807, 2.05) is 39.0 Å². The van der Waals surface area contributed by atoms with E-state index in [0.29, 0.717) is 11.7 Å². The first-order chi connectivity index (χ1) is 10.4. The molecule has 0 saturated heterocycles. The van der Waals surface area contributed by atoms with E-state index in [-0.39, 0.29) is 18.1 Å². The molecule has 1 aliphatic carbocycles. The van der Waals surface area contributed by atoms with Crippen molar-refractivity contribution in [3.8, 4) is 5.75 Å². The molecule has 118 valence electrons. The fourth-order valence-electron chi connectivity index (χ4n) is 2.68. The highest BCUT2D eigenvalue weighted by Gasteiger charge is 2.23. The van der Waals surface area contributed by atoms with Crippen LogP contribution in [0.2, 0.25) is 0 Å². The fraction of sp³-hybridized carbons (Fsp3) is 0.529. The number of benzene rings is 1. The van der Waals surface area contributed by atoms with Gasteiger partial charge in [-0.2, -0.15) is 4.98 Å². The minimum Gasteiger partial charge on any atom is -0.485 e. The maximum absolute atomic E-state index is 10.1. The zero-order chi connectivity index (χ0) is 15.7. The average molecular weight is 302 g/mol. The minimum atomic E-state index is -0.384. The second-order valence-electron chi connectivity index (χ2n) is 6.79. The normalized spacial score (nSPS) is 18.1. The Morgan fingerprint density at radius 1 is 1.36 bits per heavy atom. The monoisotopic (exact) mass is 302 g/mol. The predicted molar refractivity (Wildman–Crippen MR) is 81.7 cm³/mol. The molecule has 1 aliphatic rings. The number of rotatable bonds is 3. The Morgan fingerprint density at radius 2 is 2.18 bits per heavy atom. The minimum absolute atomic E-state index is 0.165. The average Bonchev–Trinajstić information content (AvgIpc) is 2.95. The van der Waals surface area contributed by atoms with Crippen molar-refractivity contribution in [2.45, 2.75) is 58.2 Å². The summed E-state index contributed by atoms with van der Waals surface area (Å²) in [6, 6.07) is 5.82. The Labute approximate surface area is 130 Å². The van der Waals surface area contributed by atoms with E-state index in [1.165, 1.54) is 0 Å². The Balaban J connectivity index is 1.75. The Hall–Kier alpha value is -1.88. The molecule has 22 heavy (non-hydrogen) atoms. The summed E-state index contributed by atoms with van der Waals surface area (Å²) in [7, 11) is 0. The first kappa shape index (κ1) is 15.0. The lowest BCUT2D eigenvalue weighted by Gasteiger charge is -2.23. The van der Waals surface area contributed by atoms with Gasteiger partial charge in [0.1, 0.15) is 5.75 Å². The van der Waals surface area contributed by atoms with Crippen LogP contribution >= 0.6 is 0 Å². The van der Waals surface area contributed by atoms with Crippen LogP contribution in [0.1, 0.15) is 62.6 Å². The molecule has 5 nitrogen and oxygen atoms in total. The van der Waals surface area contributed by atoms with Crippen molar-refractivity contribution in [1.29, 1.82) is 0 Å². The molecule has 0 fully saturated rings. The highest BCUT2D eigenvalue weighted by molar-refractivity contribution is 5.42. The summed E-state index contributed by atoms with van der Waals surface area (Å²) in [5.74, 6) is 1.95. The summed E-state index contributed by atoms with van der Waals surface area (Å²) >= 11 is 0. The molecule has 5 heteroatoms. The molecule has 1 atom stereocenters. The van der Waals surface area contributed by atoms with Crippen LogP contribution in [0.5, 0.6) is 5.75 Å². The maximum Gasteiger partial charge on any atom is 0.232 e. The molecular formula is C17H22N2O3. The zero-order valence-electron chi connectivity index (χ0n) is 13.3. The molecule has 0 saturated carbocycles. The third-order valence-corrected chi connectivity index (χ3v) is 3.90. The summed E-state index contributed by atoms with van der Waals surface area (Å²) < 4.78 is 11.1. The van der Waals surface area contributed by atoms with E-state index in [2.05, 4.69) is 10.1 Å². The fourth-order valence-corrected chi connectivity index (χ4v) is 2.68. The Kier molecular flexibility index (Phi) is 3.91. The Bertz CT molecular complexity index is 658. The first-order valence-corrected chi connectivity index (χ1v) is 7.71. The largest absolute Gasteiger partial charge is 0.485 e. The molecule has 3 rings (SSSR count). The number of aliphatic hydroxyl groups excluding tert-OH is 1. The van der Waals surface area contributed by atoms with Crippen molar-refractivity contribution in [2.75, 3.05) is 0 Å². The van der Waals surface area contributed by atoms with Crippen LogP contribution in [0.3, 0.4) is 0 Å². The second kappa shape index (κ2) is 5.72. The van der Waals surface area contributed by atoms with Gasteiger partial charge in [0.25, 0.3) is 0 Å². The van der Waals surface area contributed by atoms with Crippen LogP contribution in [0, 0.1) is 0 Å². The summed E-state index contributed by atoms with van der Waals surface area (Å²) in [5.41, 5.74) is 1.91. The van der Waals surface area contributed by atoms with Gasteiger partial charge in [-0.05, 0) is 36.5 Å². The van der Waals surface area contributed by atoms with Gasteiger partial charge in [0.2, 0.25) is 11.7 Å². The van der Waals surface area contributed by atoms with Crippen molar-refractivity contribution >= 4 is 0 Å². The standard InChI is InChI=1S/C17H22N2O3/c1-17(2,3)16-18-15(19-22-16)10-21-14-9-5-6-11-12(14)7-4-8-13(11)20/h5-6,9,13,20H,4,7-8,10H2,1-3H3/t13-/m1/s1. The van der Waals surface area contributed by atoms with Gasteiger partial charge in [-0.1, -0.05) is 38.1 Å². The summed E-state index contributed by atoms with van der Waals surface area (Å²) in [6.45, 7) is 6.35. The van der Waals surface area contributed by atoms with E-state index in [1.54, 1.807) is 0 Å². The SMILES string of the molecule is CC(C)(C)c1nc(COc2cccc3c2CCC[C@H]3O)no1. The van der Waals surface area contributed by atoms with Gasteiger partial charge in [0, 0.05) is 5.41 Å². The van der Waals surface area contributed by atoms with Gasteiger partial charge in [-0.3, -0.25) is 0 Å².